The molecule has 1 saturated heterocycles. The lowest BCUT2D eigenvalue weighted by molar-refractivity contribution is -0.288. The monoisotopic (exact) mass is 549 g/mol. The number of carbonyl (C=O) groups excluding carboxylic acids is 2. The number of carbonyl (C=O) groups is 3. The molecule has 3 N–H and O–H groups in total. The van der Waals surface area contributed by atoms with E-state index in [1.165, 1.54) is 13.8 Å². The largest absolute Gasteiger partial charge is 0.481 e. The van der Waals surface area contributed by atoms with E-state index in [0.29, 0.717) is 30.6 Å². The highest BCUT2D eigenvalue weighted by atomic mass is 16.7. The Labute approximate surface area is 231 Å². The Kier molecular flexibility index (Phi) is 7.60. The number of ether oxygens (including phenoxy) is 4. The second-order valence-electron chi connectivity index (χ2n) is 13.7. The van der Waals surface area contributed by atoms with Gasteiger partial charge < -0.3 is 29.8 Å². The summed E-state index contributed by atoms with van der Waals surface area (Å²) in [5.41, 5.74) is 6.64. The molecule has 0 amide bonds. The van der Waals surface area contributed by atoms with Crippen molar-refractivity contribution < 1.29 is 38.4 Å². The summed E-state index contributed by atoms with van der Waals surface area (Å²) in [7, 11) is 0. The number of carboxylic acids is 1. The van der Waals surface area contributed by atoms with E-state index in [1.807, 2.05) is 6.92 Å². The SMILES string of the molecule is CC(=O)O[C@H]1C[C@@H](OC(C)=O)[C@H](OC2CC[C@@]3(C)C(CC[C@@H]4[C@@H]3CC[C@]3(C)C(C(=O)O)CC[C@@]43N)C2)O[C@H]1C. The van der Waals surface area contributed by atoms with Gasteiger partial charge in [0.1, 0.15) is 6.10 Å². The van der Waals surface area contributed by atoms with Crippen molar-refractivity contribution in [2.75, 3.05) is 0 Å². The van der Waals surface area contributed by atoms with Gasteiger partial charge in [-0.15, -0.1) is 0 Å². The van der Waals surface area contributed by atoms with Crippen LogP contribution in [0.5, 0.6) is 0 Å². The van der Waals surface area contributed by atoms with Gasteiger partial charge in [-0.25, -0.2) is 0 Å². The van der Waals surface area contributed by atoms with Crippen molar-refractivity contribution in [2.24, 2.45) is 40.2 Å². The highest BCUT2D eigenvalue weighted by molar-refractivity contribution is 5.72. The number of nitrogens with two attached hydrogens (primary N) is 1. The van der Waals surface area contributed by atoms with E-state index in [1.54, 1.807) is 0 Å². The molecule has 0 aromatic carbocycles. The predicted octanol–water partition coefficient (Wildman–Crippen LogP) is 4.19. The zero-order valence-electron chi connectivity index (χ0n) is 24.1. The van der Waals surface area contributed by atoms with Crippen molar-refractivity contribution >= 4 is 17.9 Å². The van der Waals surface area contributed by atoms with E-state index in [9.17, 15) is 19.5 Å². The summed E-state index contributed by atoms with van der Waals surface area (Å²) in [6, 6.07) is 0. The minimum atomic E-state index is -0.699. The summed E-state index contributed by atoms with van der Waals surface area (Å²) >= 11 is 0. The molecule has 9 heteroatoms. The lowest BCUT2D eigenvalue weighted by Crippen LogP contribution is -2.66. The summed E-state index contributed by atoms with van der Waals surface area (Å²) in [5, 5.41) is 9.94. The molecule has 4 aliphatic carbocycles. The molecule has 0 aromatic heterocycles. The van der Waals surface area contributed by atoms with Gasteiger partial charge in [0.2, 0.25) is 0 Å². The van der Waals surface area contributed by atoms with Crippen LogP contribution in [0.1, 0.15) is 98.8 Å². The van der Waals surface area contributed by atoms with E-state index in [0.717, 1.165) is 51.4 Å². The Balaban J connectivity index is 1.27. The first-order chi connectivity index (χ1) is 18.3. The molecule has 5 rings (SSSR count). The first kappa shape index (κ1) is 28.8. The first-order valence-corrected chi connectivity index (χ1v) is 15.0. The third-order valence-corrected chi connectivity index (χ3v) is 11.9. The number of rotatable bonds is 5. The molecule has 9 nitrogen and oxygen atoms in total. The molecular formula is C30H47NO8. The summed E-state index contributed by atoms with van der Waals surface area (Å²) in [4.78, 5) is 35.5. The van der Waals surface area contributed by atoms with Crippen LogP contribution in [-0.2, 0) is 33.3 Å². The topological polar surface area (TPSA) is 134 Å². The van der Waals surface area contributed by atoms with Gasteiger partial charge in [0.25, 0.3) is 0 Å². The molecule has 0 radical (unpaired) electrons. The van der Waals surface area contributed by atoms with E-state index >= 15 is 0 Å². The Morgan fingerprint density at radius 2 is 1.56 bits per heavy atom. The Morgan fingerprint density at radius 3 is 2.23 bits per heavy atom. The molecule has 0 aromatic rings. The van der Waals surface area contributed by atoms with Gasteiger partial charge in [0, 0.05) is 25.8 Å². The number of carboxylic acid groups (broad SMARTS) is 1. The van der Waals surface area contributed by atoms with Crippen LogP contribution >= 0.6 is 0 Å². The maximum atomic E-state index is 12.1. The lowest BCUT2D eigenvalue weighted by Gasteiger charge is -2.64. The number of hydrogen-bond donors (Lipinski definition) is 2. The van der Waals surface area contributed by atoms with Crippen LogP contribution in [0.15, 0.2) is 0 Å². The fourth-order valence-electron chi connectivity index (χ4n) is 9.71. The summed E-state index contributed by atoms with van der Waals surface area (Å²) in [5.74, 6) is -0.505. The summed E-state index contributed by atoms with van der Waals surface area (Å²) in [6.45, 7) is 9.16. The normalized spacial score (nSPS) is 49.2. The third kappa shape index (κ3) is 4.80. The zero-order valence-corrected chi connectivity index (χ0v) is 24.1. The fourth-order valence-corrected chi connectivity index (χ4v) is 9.71. The van der Waals surface area contributed by atoms with Crippen LogP contribution in [0.25, 0.3) is 0 Å². The standard InChI is InChI=1S/C30H47NO8/c1-16-24(37-17(2)32)15-25(38-18(3)33)27(36-16)39-20-8-11-28(4)19(14-20)6-7-22-21(28)9-12-29(5)23(26(34)35)10-13-30(22,29)31/h16,19-25,27H,6-15,31H2,1-5H3,(H,34,35)/t16-,19?,20?,21-,22+,23?,24-,25+,27-,28-,29+,30+/m0/s1. The Morgan fingerprint density at radius 1 is 0.872 bits per heavy atom. The van der Waals surface area contributed by atoms with Crippen molar-refractivity contribution in [1.82, 2.24) is 0 Å². The molecule has 5 aliphatic rings. The van der Waals surface area contributed by atoms with Crippen LogP contribution in [0.3, 0.4) is 0 Å². The maximum absolute atomic E-state index is 12.1. The van der Waals surface area contributed by atoms with Crippen LogP contribution in [-0.4, -0.2) is 59.3 Å². The van der Waals surface area contributed by atoms with E-state index in [-0.39, 0.29) is 29.0 Å². The van der Waals surface area contributed by atoms with Gasteiger partial charge in [0.05, 0.1) is 18.1 Å². The summed E-state index contributed by atoms with van der Waals surface area (Å²) in [6.07, 6.45) is 6.47. The summed E-state index contributed by atoms with van der Waals surface area (Å²) < 4.78 is 23.6. The molecule has 0 bridgehead atoms. The van der Waals surface area contributed by atoms with Crippen molar-refractivity contribution in [3.05, 3.63) is 0 Å². The van der Waals surface area contributed by atoms with Crippen molar-refractivity contribution in [3.8, 4) is 0 Å². The molecule has 5 fully saturated rings. The maximum Gasteiger partial charge on any atom is 0.307 e. The van der Waals surface area contributed by atoms with Crippen LogP contribution in [0.4, 0.5) is 0 Å². The molecule has 1 aliphatic heterocycles. The number of esters is 2. The minimum absolute atomic E-state index is 0.0104. The second-order valence-corrected chi connectivity index (χ2v) is 13.7. The van der Waals surface area contributed by atoms with E-state index in [2.05, 4.69) is 13.8 Å². The lowest BCUT2D eigenvalue weighted by atomic mass is 9.42. The van der Waals surface area contributed by atoms with Crippen LogP contribution in [0.2, 0.25) is 0 Å². The fraction of sp³-hybridized carbons (Fsp3) is 0.900. The Bertz CT molecular complexity index is 988. The quantitative estimate of drug-likeness (QED) is 0.382. The molecular weight excluding hydrogens is 502 g/mol. The number of fused-ring (bicyclic) bond motifs is 5. The predicted molar refractivity (Wildman–Crippen MR) is 141 cm³/mol. The molecule has 3 unspecified atom stereocenters. The van der Waals surface area contributed by atoms with Crippen LogP contribution in [0, 0.1) is 34.5 Å². The molecule has 4 saturated carbocycles. The van der Waals surface area contributed by atoms with Gasteiger partial charge in [-0.3, -0.25) is 14.4 Å². The molecule has 220 valence electrons. The van der Waals surface area contributed by atoms with Gasteiger partial charge in [-0.1, -0.05) is 13.8 Å². The molecule has 1 heterocycles. The average molecular weight is 550 g/mol. The number of hydrogen-bond acceptors (Lipinski definition) is 8. The van der Waals surface area contributed by atoms with Gasteiger partial charge in [0.15, 0.2) is 12.4 Å². The molecule has 39 heavy (non-hydrogen) atoms. The number of aliphatic carboxylic acids is 1. The van der Waals surface area contributed by atoms with E-state index < -0.39 is 41.9 Å². The zero-order chi connectivity index (χ0) is 28.3. The van der Waals surface area contributed by atoms with Crippen LogP contribution < -0.4 is 5.73 Å². The highest BCUT2D eigenvalue weighted by Crippen LogP contribution is 2.68. The van der Waals surface area contributed by atoms with E-state index in [4.69, 9.17) is 24.7 Å². The van der Waals surface area contributed by atoms with Gasteiger partial charge in [-0.2, -0.15) is 0 Å². The van der Waals surface area contributed by atoms with Crippen molar-refractivity contribution in [1.29, 1.82) is 0 Å². The highest BCUT2D eigenvalue weighted by Gasteiger charge is 2.67. The van der Waals surface area contributed by atoms with Crippen molar-refractivity contribution in [2.45, 2.75) is 135 Å². The Hall–Kier alpha value is -1.71. The molecule has 12 atom stereocenters. The first-order valence-electron chi connectivity index (χ1n) is 15.0. The van der Waals surface area contributed by atoms with Gasteiger partial charge >= 0.3 is 17.9 Å². The smallest absolute Gasteiger partial charge is 0.307 e. The minimum Gasteiger partial charge on any atom is -0.481 e. The second kappa shape index (κ2) is 10.3. The average Bonchev–Trinajstić information content (AvgIpc) is 3.13. The molecule has 0 spiro atoms. The van der Waals surface area contributed by atoms with Crippen molar-refractivity contribution in [3.63, 3.8) is 0 Å². The van der Waals surface area contributed by atoms with Gasteiger partial charge in [-0.05, 0) is 93.3 Å². The third-order valence-electron chi connectivity index (χ3n) is 11.9.